The van der Waals surface area contributed by atoms with Crippen LogP contribution in [0.25, 0.3) is 5.65 Å². The van der Waals surface area contributed by atoms with Gasteiger partial charge in [0.2, 0.25) is 0 Å². The fourth-order valence-corrected chi connectivity index (χ4v) is 5.73. The molecule has 5 rings (SSSR count). The minimum Gasteiger partial charge on any atom is -0.412 e. The van der Waals surface area contributed by atoms with Gasteiger partial charge in [-0.15, -0.1) is 0 Å². The van der Waals surface area contributed by atoms with Crippen molar-refractivity contribution >= 4 is 25.6 Å². The number of nitrogen functional groups attached to an aromatic ring is 1. The quantitative estimate of drug-likeness (QED) is 0.555. The Morgan fingerprint density at radius 2 is 1.91 bits per heavy atom. The highest BCUT2D eigenvalue weighted by Gasteiger charge is 2.43. The van der Waals surface area contributed by atoms with Crippen LogP contribution >= 0.6 is 0 Å². The van der Waals surface area contributed by atoms with Crippen LogP contribution in [0.5, 0.6) is 0 Å². The van der Waals surface area contributed by atoms with Crippen molar-refractivity contribution in [3.63, 3.8) is 0 Å². The molecule has 1 saturated heterocycles. The molecule has 0 amide bonds. The lowest BCUT2D eigenvalue weighted by atomic mass is 10.1. The van der Waals surface area contributed by atoms with Crippen molar-refractivity contribution < 1.29 is 4.43 Å². The Balaban J connectivity index is 1.48. The van der Waals surface area contributed by atoms with Gasteiger partial charge in [0.25, 0.3) is 0 Å². The van der Waals surface area contributed by atoms with Gasteiger partial charge >= 0.3 is 0 Å². The third kappa shape index (κ3) is 4.01. The molecule has 1 saturated carbocycles. The Hall–Kier alpha value is -2.45. The van der Waals surface area contributed by atoms with Crippen LogP contribution in [0.1, 0.15) is 63.3 Å². The molecule has 1 aliphatic heterocycles. The summed E-state index contributed by atoms with van der Waals surface area (Å²) in [5, 5.41) is 0.164. The molecule has 0 unspecified atom stereocenters. The van der Waals surface area contributed by atoms with Crippen LogP contribution in [-0.2, 0) is 4.43 Å². The third-order valence-electron chi connectivity index (χ3n) is 7.38. The van der Waals surface area contributed by atoms with Gasteiger partial charge in [0.1, 0.15) is 23.6 Å². The molecule has 2 atom stereocenters. The zero-order valence-electron chi connectivity index (χ0n) is 19.7. The number of hydrogen-bond donors (Lipinski definition) is 1. The molecular weight excluding hydrogens is 416 g/mol. The Morgan fingerprint density at radius 1 is 1.12 bits per heavy atom. The highest BCUT2D eigenvalue weighted by atomic mass is 28.4. The summed E-state index contributed by atoms with van der Waals surface area (Å²) in [5.74, 6) is 2.03. The van der Waals surface area contributed by atoms with Gasteiger partial charge in [-0.3, -0.25) is 0 Å². The van der Waals surface area contributed by atoms with Gasteiger partial charge in [-0.05, 0) is 48.5 Å². The highest BCUT2D eigenvalue weighted by molar-refractivity contribution is 6.74. The van der Waals surface area contributed by atoms with E-state index in [4.69, 9.17) is 15.1 Å². The second-order valence-corrected chi connectivity index (χ2v) is 15.6. The van der Waals surface area contributed by atoms with E-state index in [9.17, 15) is 0 Å². The van der Waals surface area contributed by atoms with Crippen LogP contribution in [0.4, 0.5) is 11.6 Å². The molecule has 4 heterocycles. The first-order valence-corrected chi connectivity index (χ1v) is 14.5. The van der Waals surface area contributed by atoms with E-state index in [1.807, 2.05) is 6.07 Å². The van der Waals surface area contributed by atoms with Gasteiger partial charge in [-0.25, -0.2) is 15.0 Å². The molecule has 32 heavy (non-hydrogen) atoms. The summed E-state index contributed by atoms with van der Waals surface area (Å²) in [6, 6.07) is 6.30. The Kier molecular flexibility index (Phi) is 5.05. The summed E-state index contributed by atoms with van der Waals surface area (Å²) in [6.45, 7) is 12.3. The number of aromatic nitrogens is 4. The largest absolute Gasteiger partial charge is 0.412 e. The molecule has 0 radical (unpaired) electrons. The van der Waals surface area contributed by atoms with Crippen molar-refractivity contribution in [2.75, 3.05) is 17.2 Å². The van der Waals surface area contributed by atoms with Gasteiger partial charge in [0.15, 0.2) is 8.32 Å². The average molecular weight is 451 g/mol. The zero-order chi connectivity index (χ0) is 22.7. The van der Waals surface area contributed by atoms with E-state index in [1.54, 1.807) is 0 Å². The lowest BCUT2D eigenvalue weighted by Crippen LogP contribution is -2.44. The second-order valence-electron chi connectivity index (χ2n) is 10.9. The van der Waals surface area contributed by atoms with Crippen molar-refractivity contribution in [2.45, 2.75) is 76.2 Å². The van der Waals surface area contributed by atoms with E-state index in [1.165, 1.54) is 24.7 Å². The molecule has 7 nitrogen and oxygen atoms in total. The Morgan fingerprint density at radius 3 is 2.59 bits per heavy atom. The minimum atomic E-state index is -1.90. The van der Waals surface area contributed by atoms with Gasteiger partial charge in [-0.1, -0.05) is 26.8 Å². The number of nitrogens with zero attached hydrogens (tertiary/aromatic N) is 5. The first-order chi connectivity index (χ1) is 15.1. The van der Waals surface area contributed by atoms with E-state index in [0.29, 0.717) is 5.82 Å². The lowest BCUT2D eigenvalue weighted by Gasteiger charge is -2.38. The maximum absolute atomic E-state index is 6.82. The number of rotatable bonds is 5. The second kappa shape index (κ2) is 7.56. The predicted molar refractivity (Wildman–Crippen MR) is 130 cm³/mol. The molecule has 2 N–H and O–H groups in total. The number of fused-ring (bicyclic) bond motifs is 1. The third-order valence-corrected chi connectivity index (χ3v) is 11.9. The van der Waals surface area contributed by atoms with Crippen molar-refractivity contribution in [1.82, 2.24) is 19.4 Å². The van der Waals surface area contributed by atoms with Crippen LogP contribution in [-0.4, -0.2) is 40.3 Å². The topological polar surface area (TPSA) is 81.6 Å². The van der Waals surface area contributed by atoms with Crippen LogP contribution in [0.15, 0.2) is 36.9 Å². The van der Waals surface area contributed by atoms with Crippen LogP contribution in [0.3, 0.4) is 0 Å². The SMILES string of the molecule is CC(C)(C)[Si](C)(C)O[C@H]1C[C@H](c2cn3cc(C4CC4)ccc3n2)N(c2cc(N)ncn2)C1. The molecule has 0 spiro atoms. The van der Waals surface area contributed by atoms with E-state index in [2.05, 4.69) is 77.7 Å². The van der Waals surface area contributed by atoms with Crippen LogP contribution in [0.2, 0.25) is 18.1 Å². The highest BCUT2D eigenvalue weighted by Crippen LogP contribution is 2.43. The molecule has 0 bridgehead atoms. The Labute approximate surface area is 191 Å². The first kappa shape index (κ1) is 21.4. The summed E-state index contributed by atoms with van der Waals surface area (Å²) in [7, 11) is -1.90. The van der Waals surface area contributed by atoms with Crippen molar-refractivity contribution in [2.24, 2.45) is 0 Å². The van der Waals surface area contributed by atoms with Crippen molar-refractivity contribution in [1.29, 1.82) is 0 Å². The number of imidazole rings is 1. The lowest BCUT2D eigenvalue weighted by molar-refractivity contribution is 0.198. The van der Waals surface area contributed by atoms with Gasteiger partial charge in [-0.2, -0.15) is 0 Å². The maximum Gasteiger partial charge on any atom is 0.192 e. The van der Waals surface area contributed by atoms with Crippen LogP contribution < -0.4 is 10.6 Å². The molecule has 2 fully saturated rings. The van der Waals surface area contributed by atoms with E-state index < -0.39 is 8.32 Å². The maximum atomic E-state index is 6.82. The smallest absolute Gasteiger partial charge is 0.192 e. The molecule has 170 valence electrons. The zero-order valence-corrected chi connectivity index (χ0v) is 20.7. The molecular formula is C24H34N6OSi. The number of nitrogens with two attached hydrogens (primary N) is 1. The number of pyridine rings is 1. The predicted octanol–water partition coefficient (Wildman–Crippen LogP) is 4.93. The Bertz CT molecular complexity index is 1130. The van der Waals surface area contributed by atoms with E-state index in [-0.39, 0.29) is 17.2 Å². The summed E-state index contributed by atoms with van der Waals surface area (Å²) in [6.07, 6.45) is 9.57. The summed E-state index contributed by atoms with van der Waals surface area (Å²) < 4.78 is 9.00. The first-order valence-electron chi connectivity index (χ1n) is 11.6. The number of anilines is 2. The minimum absolute atomic E-state index is 0.0864. The summed E-state index contributed by atoms with van der Waals surface area (Å²) >= 11 is 0. The molecule has 3 aromatic rings. The standard InChI is InChI=1S/C24H34N6OSi/c1-24(2,3)32(4,5)31-18-10-20(30(13-18)23-11-21(25)26-15-27-23)19-14-29-12-17(16-6-7-16)8-9-22(29)28-19/h8-9,11-12,14-16,18,20H,6-7,10,13H2,1-5H3,(H2,25,26,27)/t18-,20+/m0/s1. The molecule has 8 heteroatoms. The molecule has 3 aromatic heterocycles. The van der Waals surface area contributed by atoms with Gasteiger partial charge in [0, 0.05) is 31.4 Å². The molecule has 0 aromatic carbocycles. The monoisotopic (exact) mass is 450 g/mol. The van der Waals surface area contributed by atoms with Gasteiger partial charge in [0.05, 0.1) is 17.8 Å². The number of hydrogen-bond acceptors (Lipinski definition) is 6. The average Bonchev–Trinajstić information content (AvgIpc) is 3.34. The normalized spacial score (nSPS) is 22.1. The molecule has 1 aliphatic carbocycles. The van der Waals surface area contributed by atoms with Crippen molar-refractivity contribution in [3.05, 3.63) is 48.2 Å². The summed E-state index contributed by atoms with van der Waals surface area (Å²) in [5.41, 5.74) is 9.44. The summed E-state index contributed by atoms with van der Waals surface area (Å²) in [4.78, 5) is 15.9. The van der Waals surface area contributed by atoms with E-state index in [0.717, 1.165) is 36.0 Å². The van der Waals surface area contributed by atoms with E-state index >= 15 is 0 Å². The van der Waals surface area contributed by atoms with Crippen LogP contribution in [0, 0.1) is 0 Å². The fourth-order valence-electron chi connectivity index (χ4n) is 4.38. The van der Waals surface area contributed by atoms with Gasteiger partial charge < -0.3 is 19.5 Å². The van der Waals surface area contributed by atoms with Crippen molar-refractivity contribution in [3.8, 4) is 0 Å². The molecule has 2 aliphatic rings. The fraction of sp³-hybridized carbons (Fsp3) is 0.542.